The summed E-state index contributed by atoms with van der Waals surface area (Å²) in [6, 6.07) is 6.57. The fourth-order valence-electron chi connectivity index (χ4n) is 1.83. The number of hydrogen-bond donors (Lipinski definition) is 0. The van der Waals surface area contributed by atoms with E-state index in [9.17, 15) is 0 Å². The molecule has 16 heavy (non-hydrogen) atoms. The predicted octanol–water partition coefficient (Wildman–Crippen LogP) is 2.58. The lowest BCUT2D eigenvalue weighted by atomic mass is 10.2. The molecule has 3 nitrogen and oxygen atoms in total. The maximum atomic E-state index is 8.73. The summed E-state index contributed by atoms with van der Waals surface area (Å²) in [6.07, 6.45) is 4.20. The second-order valence-corrected chi connectivity index (χ2v) is 4.79. The summed E-state index contributed by atoms with van der Waals surface area (Å²) in [5.74, 6) is 1.65. The number of rotatable bonds is 4. The number of nitriles is 1. The third kappa shape index (κ3) is 2.52. The summed E-state index contributed by atoms with van der Waals surface area (Å²) in [4.78, 5) is 6.73. The second-order valence-electron chi connectivity index (χ2n) is 4.79. The fourth-order valence-corrected chi connectivity index (χ4v) is 1.83. The molecule has 84 valence electrons. The zero-order valence-corrected chi connectivity index (χ0v) is 9.85. The van der Waals surface area contributed by atoms with Crippen LogP contribution in [0.25, 0.3) is 0 Å². The Morgan fingerprint density at radius 2 is 2.25 bits per heavy atom. The van der Waals surface area contributed by atoms with Crippen LogP contribution in [-0.4, -0.2) is 17.6 Å². The standard InChI is InChI=1S/C13H17N3/c1-10(2)9-16(12-4-5-12)13-6-3-11(7-14)8-15-13/h3,6,8,10,12H,4-5,9H2,1-2H3. The van der Waals surface area contributed by atoms with Gasteiger partial charge in [-0.25, -0.2) is 4.98 Å². The first kappa shape index (κ1) is 10.9. The molecular formula is C13H17N3. The Bertz CT molecular complexity index is 385. The Balaban J connectivity index is 2.15. The Hall–Kier alpha value is -1.56. The van der Waals surface area contributed by atoms with Gasteiger partial charge in [0.2, 0.25) is 0 Å². The molecular weight excluding hydrogens is 198 g/mol. The molecule has 0 amide bonds. The van der Waals surface area contributed by atoms with Crippen molar-refractivity contribution in [1.82, 2.24) is 4.98 Å². The van der Waals surface area contributed by atoms with Crippen LogP contribution in [0.1, 0.15) is 32.3 Å². The predicted molar refractivity (Wildman–Crippen MR) is 64.2 cm³/mol. The van der Waals surface area contributed by atoms with Crippen molar-refractivity contribution in [3.05, 3.63) is 23.9 Å². The molecule has 1 saturated carbocycles. The average Bonchev–Trinajstić information content (AvgIpc) is 3.10. The van der Waals surface area contributed by atoms with Crippen molar-refractivity contribution in [3.63, 3.8) is 0 Å². The van der Waals surface area contributed by atoms with Crippen molar-refractivity contribution in [2.45, 2.75) is 32.7 Å². The Kier molecular flexibility index (Phi) is 3.09. The fraction of sp³-hybridized carbons (Fsp3) is 0.538. The highest BCUT2D eigenvalue weighted by Gasteiger charge is 2.30. The van der Waals surface area contributed by atoms with Gasteiger partial charge >= 0.3 is 0 Å². The topological polar surface area (TPSA) is 39.9 Å². The molecule has 0 atom stereocenters. The number of hydrogen-bond acceptors (Lipinski definition) is 3. The zero-order valence-electron chi connectivity index (χ0n) is 9.85. The van der Waals surface area contributed by atoms with E-state index in [1.54, 1.807) is 6.20 Å². The molecule has 0 spiro atoms. The van der Waals surface area contributed by atoms with E-state index in [-0.39, 0.29) is 0 Å². The maximum absolute atomic E-state index is 8.73. The minimum absolute atomic E-state index is 0.629. The number of nitrogens with zero attached hydrogens (tertiary/aromatic N) is 3. The van der Waals surface area contributed by atoms with E-state index in [1.165, 1.54) is 12.8 Å². The van der Waals surface area contributed by atoms with Gasteiger partial charge in [0.15, 0.2) is 0 Å². The quantitative estimate of drug-likeness (QED) is 0.775. The molecule has 0 N–H and O–H groups in total. The molecule has 2 rings (SSSR count). The molecule has 0 unspecified atom stereocenters. The number of pyridine rings is 1. The van der Waals surface area contributed by atoms with Crippen LogP contribution in [0.2, 0.25) is 0 Å². The van der Waals surface area contributed by atoms with E-state index < -0.39 is 0 Å². The van der Waals surface area contributed by atoms with Gasteiger partial charge in [-0.15, -0.1) is 0 Å². The lowest BCUT2D eigenvalue weighted by Gasteiger charge is -2.25. The normalized spacial score (nSPS) is 14.9. The lowest BCUT2D eigenvalue weighted by molar-refractivity contribution is 0.603. The van der Waals surface area contributed by atoms with Crippen LogP contribution >= 0.6 is 0 Å². The molecule has 1 aliphatic rings. The minimum Gasteiger partial charge on any atom is -0.353 e. The van der Waals surface area contributed by atoms with Gasteiger partial charge in [0.05, 0.1) is 5.56 Å². The van der Waals surface area contributed by atoms with Crippen molar-refractivity contribution in [1.29, 1.82) is 5.26 Å². The first-order valence-corrected chi connectivity index (χ1v) is 5.83. The summed E-state index contributed by atoms with van der Waals surface area (Å²) in [6.45, 7) is 5.49. The Labute approximate surface area is 96.7 Å². The van der Waals surface area contributed by atoms with Crippen LogP contribution in [-0.2, 0) is 0 Å². The van der Waals surface area contributed by atoms with Crippen LogP contribution in [0.4, 0.5) is 5.82 Å². The van der Waals surface area contributed by atoms with Crippen molar-refractivity contribution in [2.24, 2.45) is 5.92 Å². The second kappa shape index (κ2) is 4.52. The molecule has 1 aromatic rings. The van der Waals surface area contributed by atoms with Gasteiger partial charge in [-0.05, 0) is 30.9 Å². The summed E-state index contributed by atoms with van der Waals surface area (Å²) < 4.78 is 0. The molecule has 0 bridgehead atoms. The van der Waals surface area contributed by atoms with Crippen molar-refractivity contribution >= 4 is 5.82 Å². The maximum Gasteiger partial charge on any atom is 0.128 e. The molecule has 1 aromatic heterocycles. The van der Waals surface area contributed by atoms with E-state index in [0.29, 0.717) is 17.5 Å². The highest BCUT2D eigenvalue weighted by Crippen LogP contribution is 2.31. The van der Waals surface area contributed by atoms with Crippen molar-refractivity contribution in [3.8, 4) is 6.07 Å². The Morgan fingerprint density at radius 1 is 1.50 bits per heavy atom. The first-order valence-electron chi connectivity index (χ1n) is 5.83. The SMILES string of the molecule is CC(C)CN(c1ccc(C#N)cn1)C1CC1. The lowest BCUT2D eigenvalue weighted by Crippen LogP contribution is -2.30. The number of aromatic nitrogens is 1. The largest absolute Gasteiger partial charge is 0.353 e. The summed E-state index contributed by atoms with van der Waals surface area (Å²) in [7, 11) is 0. The van der Waals surface area contributed by atoms with Gasteiger partial charge in [0.25, 0.3) is 0 Å². The Morgan fingerprint density at radius 3 is 2.69 bits per heavy atom. The third-order valence-electron chi connectivity index (χ3n) is 2.72. The van der Waals surface area contributed by atoms with Crippen LogP contribution in [0.3, 0.4) is 0 Å². The highest BCUT2D eigenvalue weighted by molar-refractivity contribution is 5.44. The minimum atomic E-state index is 0.629. The van der Waals surface area contributed by atoms with Crippen molar-refractivity contribution < 1.29 is 0 Å². The van der Waals surface area contributed by atoms with Gasteiger partial charge in [-0.1, -0.05) is 13.8 Å². The molecule has 1 aliphatic carbocycles. The van der Waals surface area contributed by atoms with E-state index in [2.05, 4.69) is 29.8 Å². The molecule has 0 aromatic carbocycles. The van der Waals surface area contributed by atoms with Crippen LogP contribution in [0.5, 0.6) is 0 Å². The van der Waals surface area contributed by atoms with Gasteiger partial charge < -0.3 is 4.90 Å². The summed E-state index contributed by atoms with van der Waals surface area (Å²) in [5, 5.41) is 8.73. The van der Waals surface area contributed by atoms with Crippen molar-refractivity contribution in [2.75, 3.05) is 11.4 Å². The summed E-state index contributed by atoms with van der Waals surface area (Å²) in [5.41, 5.74) is 0.629. The van der Waals surface area contributed by atoms with Gasteiger partial charge in [0.1, 0.15) is 11.9 Å². The molecule has 0 aliphatic heterocycles. The summed E-state index contributed by atoms with van der Waals surface area (Å²) >= 11 is 0. The van der Waals surface area contributed by atoms with Gasteiger partial charge in [0, 0.05) is 18.8 Å². The van der Waals surface area contributed by atoms with E-state index in [0.717, 1.165) is 12.4 Å². The van der Waals surface area contributed by atoms with Gasteiger partial charge in [-0.2, -0.15) is 5.26 Å². The third-order valence-corrected chi connectivity index (χ3v) is 2.72. The monoisotopic (exact) mass is 215 g/mol. The number of anilines is 1. The van der Waals surface area contributed by atoms with Crippen LogP contribution < -0.4 is 4.90 Å². The van der Waals surface area contributed by atoms with Crippen LogP contribution in [0.15, 0.2) is 18.3 Å². The molecule has 1 fully saturated rings. The average molecular weight is 215 g/mol. The highest BCUT2D eigenvalue weighted by atomic mass is 15.2. The van der Waals surface area contributed by atoms with Gasteiger partial charge in [-0.3, -0.25) is 0 Å². The molecule has 0 radical (unpaired) electrons. The van der Waals surface area contributed by atoms with E-state index in [1.807, 2.05) is 12.1 Å². The molecule has 3 heteroatoms. The van der Waals surface area contributed by atoms with Crippen LogP contribution in [0, 0.1) is 17.2 Å². The molecule has 0 saturated heterocycles. The van der Waals surface area contributed by atoms with E-state index in [4.69, 9.17) is 5.26 Å². The molecule has 1 heterocycles. The smallest absolute Gasteiger partial charge is 0.128 e. The zero-order chi connectivity index (χ0) is 11.5. The van der Waals surface area contributed by atoms with E-state index >= 15 is 0 Å². The first-order chi connectivity index (χ1) is 7.70.